The quantitative estimate of drug-likeness (QED) is 0.491. The highest BCUT2D eigenvalue weighted by molar-refractivity contribution is 7.86. The molecular formula is C19H15ClF2N2O4S. The van der Waals surface area contributed by atoms with E-state index in [1.165, 1.54) is 32.0 Å². The lowest BCUT2D eigenvalue weighted by atomic mass is 10.0. The van der Waals surface area contributed by atoms with Gasteiger partial charge in [-0.3, -0.25) is 13.9 Å². The van der Waals surface area contributed by atoms with Crippen LogP contribution in [0.4, 0.5) is 8.78 Å². The second-order valence-corrected chi connectivity index (χ2v) is 8.21. The van der Waals surface area contributed by atoms with E-state index < -0.39 is 37.2 Å². The van der Waals surface area contributed by atoms with Crippen LogP contribution >= 0.6 is 11.6 Å². The van der Waals surface area contributed by atoms with Gasteiger partial charge in [-0.2, -0.15) is 8.42 Å². The average molecular weight is 441 g/mol. The molecule has 3 aromatic rings. The van der Waals surface area contributed by atoms with Crippen molar-refractivity contribution in [3.05, 3.63) is 74.3 Å². The van der Waals surface area contributed by atoms with E-state index >= 15 is 0 Å². The van der Waals surface area contributed by atoms with Crippen LogP contribution < -0.4 is 5.56 Å². The zero-order chi connectivity index (χ0) is 21.7. The molecule has 0 saturated carbocycles. The minimum atomic E-state index is -4.58. The first-order valence-electron chi connectivity index (χ1n) is 8.26. The summed E-state index contributed by atoms with van der Waals surface area (Å²) in [5.41, 5.74) is 0.0520. The molecule has 0 saturated heterocycles. The minimum Gasteiger partial charge on any atom is -0.282 e. The molecule has 1 aromatic heterocycles. The molecule has 152 valence electrons. The van der Waals surface area contributed by atoms with Crippen molar-refractivity contribution >= 4 is 21.7 Å². The van der Waals surface area contributed by atoms with Crippen LogP contribution in [0.5, 0.6) is 0 Å². The van der Waals surface area contributed by atoms with Gasteiger partial charge in [-0.25, -0.2) is 13.8 Å². The van der Waals surface area contributed by atoms with Crippen molar-refractivity contribution in [1.82, 2.24) is 9.55 Å². The molecule has 0 aliphatic rings. The van der Waals surface area contributed by atoms with Crippen molar-refractivity contribution < 1.29 is 21.8 Å². The topological polar surface area (TPSA) is 89.3 Å². The lowest BCUT2D eigenvalue weighted by molar-refractivity contribution is 0.483. The molecule has 10 heteroatoms. The summed E-state index contributed by atoms with van der Waals surface area (Å²) >= 11 is 5.88. The number of aryl methyl sites for hydroxylation is 2. The summed E-state index contributed by atoms with van der Waals surface area (Å²) in [6.07, 6.45) is 0. The van der Waals surface area contributed by atoms with Gasteiger partial charge in [0.25, 0.3) is 15.7 Å². The van der Waals surface area contributed by atoms with Crippen molar-refractivity contribution in [2.45, 2.75) is 25.7 Å². The van der Waals surface area contributed by atoms with E-state index in [4.69, 9.17) is 11.6 Å². The minimum absolute atomic E-state index is 0.0342. The molecule has 29 heavy (non-hydrogen) atoms. The Bertz CT molecular complexity index is 1320. The van der Waals surface area contributed by atoms with Crippen molar-refractivity contribution in [1.29, 1.82) is 0 Å². The lowest BCUT2D eigenvalue weighted by Crippen LogP contribution is -2.26. The predicted octanol–water partition coefficient (Wildman–Crippen LogP) is 4.00. The maximum atomic E-state index is 13.9. The van der Waals surface area contributed by atoms with Crippen LogP contribution in [-0.4, -0.2) is 22.5 Å². The zero-order valence-corrected chi connectivity index (χ0v) is 17.1. The number of hydrogen-bond acceptors (Lipinski definition) is 4. The third-order valence-corrected chi connectivity index (χ3v) is 5.67. The summed E-state index contributed by atoms with van der Waals surface area (Å²) in [4.78, 5) is 16.9. The van der Waals surface area contributed by atoms with Gasteiger partial charge in [0.1, 0.15) is 15.7 Å². The second kappa shape index (κ2) is 7.33. The summed E-state index contributed by atoms with van der Waals surface area (Å²) < 4.78 is 61.4. The molecule has 1 heterocycles. The second-order valence-electron chi connectivity index (χ2n) is 6.44. The van der Waals surface area contributed by atoms with Crippen molar-refractivity contribution in [3.63, 3.8) is 0 Å². The first kappa shape index (κ1) is 21.1. The van der Waals surface area contributed by atoms with E-state index in [9.17, 15) is 26.5 Å². The number of nitrogens with zero attached hydrogens (tertiary/aromatic N) is 2. The molecule has 3 rings (SSSR count). The Morgan fingerprint density at radius 3 is 2.38 bits per heavy atom. The third kappa shape index (κ3) is 3.68. The fraction of sp³-hybridized carbons (Fsp3) is 0.158. The van der Waals surface area contributed by atoms with Gasteiger partial charge in [0.2, 0.25) is 0 Å². The molecule has 0 aliphatic heterocycles. The first-order chi connectivity index (χ1) is 13.4. The molecule has 0 radical (unpaired) electrons. The maximum Gasteiger partial charge on any atom is 0.295 e. The maximum absolute atomic E-state index is 13.9. The van der Waals surface area contributed by atoms with Crippen LogP contribution in [0.3, 0.4) is 0 Å². The van der Waals surface area contributed by atoms with Crippen LogP contribution in [0.1, 0.15) is 17.0 Å². The monoisotopic (exact) mass is 440 g/mol. The van der Waals surface area contributed by atoms with Crippen LogP contribution in [0, 0.1) is 32.4 Å². The molecule has 0 unspecified atom stereocenters. The molecule has 1 N–H and O–H groups in total. The van der Waals surface area contributed by atoms with Gasteiger partial charge in [-0.15, -0.1) is 0 Å². The Labute approximate surface area is 170 Å². The van der Waals surface area contributed by atoms with Crippen molar-refractivity contribution in [2.75, 3.05) is 0 Å². The van der Waals surface area contributed by atoms with Gasteiger partial charge in [0, 0.05) is 11.1 Å². The Kier molecular flexibility index (Phi) is 5.33. The van der Waals surface area contributed by atoms with Gasteiger partial charge in [-0.1, -0.05) is 23.2 Å². The molecule has 0 spiro atoms. The fourth-order valence-electron chi connectivity index (χ4n) is 3.00. The number of halogens is 3. The molecule has 6 nitrogen and oxygen atoms in total. The summed E-state index contributed by atoms with van der Waals surface area (Å²) in [6.45, 7) is 4.55. The zero-order valence-electron chi connectivity index (χ0n) is 15.5. The van der Waals surface area contributed by atoms with Gasteiger partial charge < -0.3 is 0 Å². The first-order valence-corrected chi connectivity index (χ1v) is 10.1. The molecular weight excluding hydrogens is 426 g/mol. The Balaban J connectivity index is 2.36. The summed E-state index contributed by atoms with van der Waals surface area (Å²) in [7, 11) is -4.58. The van der Waals surface area contributed by atoms with E-state index in [0.717, 1.165) is 16.7 Å². The number of rotatable bonds is 3. The van der Waals surface area contributed by atoms with Crippen LogP contribution in [-0.2, 0) is 10.1 Å². The van der Waals surface area contributed by atoms with Gasteiger partial charge >= 0.3 is 0 Å². The van der Waals surface area contributed by atoms with Gasteiger partial charge in [-0.05, 0) is 45.0 Å². The third-order valence-electron chi connectivity index (χ3n) is 4.40. The van der Waals surface area contributed by atoms with Crippen LogP contribution in [0.15, 0.2) is 40.0 Å². The molecule has 2 aromatic carbocycles. The van der Waals surface area contributed by atoms with E-state index in [-0.39, 0.29) is 28.3 Å². The van der Waals surface area contributed by atoms with Gasteiger partial charge in [0.05, 0.1) is 11.4 Å². The van der Waals surface area contributed by atoms with E-state index in [2.05, 4.69) is 4.98 Å². The largest absolute Gasteiger partial charge is 0.295 e. The van der Waals surface area contributed by atoms with Gasteiger partial charge in [0.15, 0.2) is 11.6 Å². The van der Waals surface area contributed by atoms with E-state index in [1.807, 2.05) is 0 Å². The Morgan fingerprint density at radius 1 is 1.10 bits per heavy atom. The number of hydrogen-bond donors (Lipinski definition) is 1. The number of aromatic nitrogens is 2. The molecule has 0 aliphatic carbocycles. The highest BCUT2D eigenvalue weighted by Crippen LogP contribution is 2.30. The SMILES string of the molecule is Cc1ccc(S(=O)(=O)O)c(-c2nc(C)n(-c3ccc(F)c(F)c3Cl)c(=O)c2C)c1. The van der Waals surface area contributed by atoms with Crippen LogP contribution in [0.25, 0.3) is 16.9 Å². The molecule has 0 fully saturated rings. The lowest BCUT2D eigenvalue weighted by Gasteiger charge is -2.16. The summed E-state index contributed by atoms with van der Waals surface area (Å²) in [5, 5.41) is -0.585. The molecule has 0 atom stereocenters. The molecule has 0 bridgehead atoms. The Hall–Kier alpha value is -2.62. The number of benzene rings is 2. The predicted molar refractivity (Wildman–Crippen MR) is 104 cm³/mol. The standard InChI is InChI=1S/C19H15ClF2N2O4S/c1-9-4-7-15(29(26,27)28)12(8-9)18-10(2)19(25)24(11(3)23-18)14-6-5-13(21)17(22)16(14)20/h4-8H,1-3H3,(H,26,27,28). The average Bonchev–Trinajstić information content (AvgIpc) is 2.63. The van der Waals surface area contributed by atoms with E-state index in [0.29, 0.717) is 5.56 Å². The highest BCUT2D eigenvalue weighted by Gasteiger charge is 2.23. The fourth-order valence-corrected chi connectivity index (χ4v) is 3.91. The summed E-state index contributed by atoms with van der Waals surface area (Å²) in [6, 6.07) is 6.17. The van der Waals surface area contributed by atoms with E-state index in [1.54, 1.807) is 6.92 Å². The smallest absolute Gasteiger partial charge is 0.282 e. The highest BCUT2D eigenvalue weighted by atomic mass is 35.5. The van der Waals surface area contributed by atoms with Crippen molar-refractivity contribution in [3.8, 4) is 16.9 Å². The Morgan fingerprint density at radius 2 is 1.76 bits per heavy atom. The molecule has 0 amide bonds. The summed E-state index contributed by atoms with van der Waals surface area (Å²) in [5.74, 6) is -2.40. The normalized spacial score (nSPS) is 11.7. The van der Waals surface area contributed by atoms with Crippen LogP contribution in [0.2, 0.25) is 5.02 Å². The van der Waals surface area contributed by atoms with Crippen molar-refractivity contribution in [2.24, 2.45) is 0 Å².